The Kier molecular flexibility index (Phi) is 7.36. The number of carbonyl (C=O) groups is 1. The van der Waals surface area contributed by atoms with Crippen LogP contribution >= 0.6 is 11.3 Å². The standard InChI is InChI=1S/C23H26N2O5S/c1-14-6-8-17(9-7-14)30-13-20-25-15(2)22(31-20)23(26)24-12-16-10-18(27-3)21(29-5)19(11-16)28-4/h6-11H,12-13H2,1-5H3,(H,24,26). The number of aryl methyl sites for hydroxylation is 2. The fourth-order valence-corrected chi connectivity index (χ4v) is 3.90. The predicted octanol–water partition coefficient (Wildman–Crippen LogP) is 4.29. The van der Waals surface area contributed by atoms with Crippen molar-refractivity contribution in [2.24, 2.45) is 0 Å². The van der Waals surface area contributed by atoms with Crippen LogP contribution in [0.3, 0.4) is 0 Å². The van der Waals surface area contributed by atoms with Gasteiger partial charge in [-0.25, -0.2) is 4.98 Å². The second-order valence-electron chi connectivity index (χ2n) is 6.84. The van der Waals surface area contributed by atoms with Gasteiger partial charge in [0.15, 0.2) is 11.5 Å². The summed E-state index contributed by atoms with van der Waals surface area (Å²) in [7, 11) is 4.66. The highest BCUT2D eigenvalue weighted by molar-refractivity contribution is 7.13. The molecule has 0 radical (unpaired) electrons. The highest BCUT2D eigenvalue weighted by Gasteiger charge is 2.17. The van der Waals surface area contributed by atoms with Crippen LogP contribution in [0.2, 0.25) is 0 Å². The smallest absolute Gasteiger partial charge is 0.263 e. The quantitative estimate of drug-likeness (QED) is 0.532. The Balaban J connectivity index is 1.65. The zero-order valence-electron chi connectivity index (χ0n) is 18.3. The van der Waals surface area contributed by atoms with Crippen LogP contribution in [0.5, 0.6) is 23.0 Å². The van der Waals surface area contributed by atoms with E-state index in [-0.39, 0.29) is 5.91 Å². The number of amides is 1. The minimum Gasteiger partial charge on any atom is -0.493 e. The van der Waals surface area contributed by atoms with Gasteiger partial charge in [-0.05, 0) is 43.7 Å². The molecule has 0 aliphatic heterocycles. The lowest BCUT2D eigenvalue weighted by Gasteiger charge is -2.14. The Labute approximate surface area is 185 Å². The minimum absolute atomic E-state index is 0.190. The minimum atomic E-state index is -0.190. The predicted molar refractivity (Wildman–Crippen MR) is 120 cm³/mol. The van der Waals surface area contributed by atoms with Gasteiger partial charge < -0.3 is 24.3 Å². The van der Waals surface area contributed by atoms with Crippen molar-refractivity contribution in [2.45, 2.75) is 27.0 Å². The first-order valence-corrected chi connectivity index (χ1v) is 10.5. The maximum Gasteiger partial charge on any atom is 0.263 e. The second-order valence-corrected chi connectivity index (χ2v) is 7.92. The molecule has 0 aliphatic rings. The van der Waals surface area contributed by atoms with Crippen molar-refractivity contribution in [1.29, 1.82) is 0 Å². The van der Waals surface area contributed by atoms with E-state index in [9.17, 15) is 4.79 Å². The maximum absolute atomic E-state index is 12.7. The van der Waals surface area contributed by atoms with Crippen molar-refractivity contribution in [3.05, 3.63) is 63.1 Å². The number of rotatable bonds is 9. The van der Waals surface area contributed by atoms with Gasteiger partial charge in [0.05, 0.1) is 27.0 Å². The number of benzene rings is 2. The van der Waals surface area contributed by atoms with Gasteiger partial charge >= 0.3 is 0 Å². The Bertz CT molecular complexity index is 1020. The van der Waals surface area contributed by atoms with E-state index in [1.807, 2.05) is 50.2 Å². The molecule has 1 aromatic heterocycles. The molecular formula is C23H26N2O5S. The molecule has 8 heteroatoms. The maximum atomic E-state index is 12.7. The number of thiazole rings is 1. The van der Waals surface area contributed by atoms with E-state index in [1.165, 1.54) is 16.9 Å². The van der Waals surface area contributed by atoms with Gasteiger partial charge in [0.1, 0.15) is 22.2 Å². The summed E-state index contributed by atoms with van der Waals surface area (Å²) in [5.41, 5.74) is 2.67. The van der Waals surface area contributed by atoms with Crippen molar-refractivity contribution in [2.75, 3.05) is 21.3 Å². The van der Waals surface area contributed by atoms with Gasteiger partial charge in [-0.1, -0.05) is 17.7 Å². The van der Waals surface area contributed by atoms with Crippen LogP contribution in [-0.2, 0) is 13.2 Å². The molecule has 0 unspecified atom stereocenters. The van der Waals surface area contributed by atoms with E-state index in [2.05, 4.69) is 10.3 Å². The molecule has 7 nitrogen and oxygen atoms in total. The summed E-state index contributed by atoms with van der Waals surface area (Å²) >= 11 is 1.33. The lowest BCUT2D eigenvalue weighted by atomic mass is 10.1. The lowest BCUT2D eigenvalue weighted by molar-refractivity contribution is 0.0954. The monoisotopic (exact) mass is 442 g/mol. The van der Waals surface area contributed by atoms with Crippen molar-refractivity contribution in [1.82, 2.24) is 10.3 Å². The molecule has 0 aliphatic carbocycles. The van der Waals surface area contributed by atoms with Crippen LogP contribution in [0.4, 0.5) is 0 Å². The number of methoxy groups -OCH3 is 3. The highest BCUT2D eigenvalue weighted by Crippen LogP contribution is 2.38. The van der Waals surface area contributed by atoms with Gasteiger partial charge in [-0.3, -0.25) is 4.79 Å². The Hall–Kier alpha value is -3.26. The van der Waals surface area contributed by atoms with E-state index < -0.39 is 0 Å². The normalized spacial score (nSPS) is 10.5. The average molecular weight is 443 g/mol. The number of nitrogens with zero attached hydrogens (tertiary/aromatic N) is 1. The van der Waals surface area contributed by atoms with Gasteiger partial charge in [-0.2, -0.15) is 0 Å². The van der Waals surface area contributed by atoms with Crippen LogP contribution < -0.4 is 24.3 Å². The number of hydrogen-bond donors (Lipinski definition) is 1. The van der Waals surface area contributed by atoms with Gasteiger partial charge in [0.25, 0.3) is 5.91 Å². The number of ether oxygens (including phenoxy) is 4. The first-order valence-electron chi connectivity index (χ1n) is 9.68. The third-order valence-corrected chi connectivity index (χ3v) is 5.74. The zero-order valence-corrected chi connectivity index (χ0v) is 19.1. The molecule has 1 heterocycles. The molecule has 0 saturated carbocycles. The number of aromatic nitrogens is 1. The fourth-order valence-electron chi connectivity index (χ4n) is 3.00. The molecule has 31 heavy (non-hydrogen) atoms. The topological polar surface area (TPSA) is 78.9 Å². The van der Waals surface area contributed by atoms with Crippen LogP contribution in [0.25, 0.3) is 0 Å². The first-order chi connectivity index (χ1) is 14.9. The molecule has 164 valence electrons. The lowest BCUT2D eigenvalue weighted by Crippen LogP contribution is -2.22. The van der Waals surface area contributed by atoms with Crippen molar-refractivity contribution in [3.8, 4) is 23.0 Å². The molecule has 3 aromatic rings. The number of hydrogen-bond acceptors (Lipinski definition) is 7. The van der Waals surface area contributed by atoms with Crippen LogP contribution in [0.15, 0.2) is 36.4 Å². The Morgan fingerprint density at radius 1 is 1.00 bits per heavy atom. The van der Waals surface area contributed by atoms with Gasteiger partial charge in [0.2, 0.25) is 5.75 Å². The van der Waals surface area contributed by atoms with Crippen molar-refractivity contribution >= 4 is 17.2 Å². The molecule has 0 atom stereocenters. The SMILES string of the molecule is COc1cc(CNC(=O)c2sc(COc3ccc(C)cc3)nc2C)cc(OC)c1OC. The number of nitrogens with one attached hydrogen (secondary N) is 1. The third kappa shape index (κ3) is 5.46. The molecule has 0 saturated heterocycles. The summed E-state index contributed by atoms with van der Waals surface area (Å²) < 4.78 is 21.8. The summed E-state index contributed by atoms with van der Waals surface area (Å²) in [4.78, 5) is 17.8. The summed E-state index contributed by atoms with van der Waals surface area (Å²) in [5, 5.41) is 3.67. The van der Waals surface area contributed by atoms with Crippen LogP contribution in [0.1, 0.15) is 31.5 Å². The summed E-state index contributed by atoms with van der Waals surface area (Å²) in [6, 6.07) is 11.4. The van der Waals surface area contributed by atoms with E-state index in [0.29, 0.717) is 41.0 Å². The van der Waals surface area contributed by atoms with E-state index in [0.717, 1.165) is 16.3 Å². The molecule has 0 spiro atoms. The van der Waals surface area contributed by atoms with Crippen LogP contribution in [-0.4, -0.2) is 32.2 Å². The summed E-state index contributed by atoms with van der Waals surface area (Å²) in [5.74, 6) is 2.17. The van der Waals surface area contributed by atoms with E-state index in [4.69, 9.17) is 18.9 Å². The molecular weight excluding hydrogens is 416 g/mol. The second kappa shape index (κ2) is 10.2. The summed E-state index contributed by atoms with van der Waals surface area (Å²) in [6.07, 6.45) is 0. The molecule has 3 rings (SSSR count). The van der Waals surface area contributed by atoms with Gasteiger partial charge in [-0.15, -0.1) is 11.3 Å². The fraction of sp³-hybridized carbons (Fsp3) is 0.304. The highest BCUT2D eigenvalue weighted by atomic mass is 32.1. The molecule has 2 aromatic carbocycles. The Morgan fingerprint density at radius 3 is 2.23 bits per heavy atom. The van der Waals surface area contributed by atoms with Gasteiger partial charge in [0, 0.05) is 6.54 Å². The van der Waals surface area contributed by atoms with E-state index >= 15 is 0 Å². The average Bonchev–Trinajstić information content (AvgIpc) is 3.16. The first kappa shape index (κ1) is 22.4. The molecule has 1 N–H and O–H groups in total. The number of carbonyl (C=O) groups excluding carboxylic acids is 1. The zero-order chi connectivity index (χ0) is 22.4. The van der Waals surface area contributed by atoms with E-state index in [1.54, 1.807) is 21.3 Å². The largest absolute Gasteiger partial charge is 0.493 e. The van der Waals surface area contributed by atoms with Crippen molar-refractivity contribution < 1.29 is 23.7 Å². The molecule has 1 amide bonds. The van der Waals surface area contributed by atoms with Crippen molar-refractivity contribution in [3.63, 3.8) is 0 Å². The molecule has 0 bridgehead atoms. The van der Waals surface area contributed by atoms with Crippen LogP contribution in [0, 0.1) is 13.8 Å². The Morgan fingerprint density at radius 2 is 1.65 bits per heavy atom. The molecule has 0 fully saturated rings. The third-order valence-electron chi connectivity index (χ3n) is 4.61. The summed E-state index contributed by atoms with van der Waals surface area (Å²) in [6.45, 7) is 4.47.